The monoisotopic (exact) mass is 326 g/mol. The minimum atomic E-state index is -3.00. The van der Waals surface area contributed by atoms with Crippen LogP contribution in [0, 0.1) is 0 Å². The van der Waals surface area contributed by atoms with Gasteiger partial charge in [0, 0.05) is 51.8 Å². The van der Waals surface area contributed by atoms with E-state index in [1.54, 1.807) is 25.6 Å². The number of piperazine rings is 1. The highest BCUT2D eigenvalue weighted by Crippen LogP contribution is 2.29. The van der Waals surface area contributed by atoms with Crippen LogP contribution in [0.3, 0.4) is 0 Å². The molecule has 0 radical (unpaired) electrons. The van der Waals surface area contributed by atoms with E-state index < -0.39 is 9.84 Å². The topological polar surface area (TPSA) is 75.6 Å². The Bertz CT molecular complexity index is 595. The van der Waals surface area contributed by atoms with Crippen molar-refractivity contribution in [3.63, 3.8) is 0 Å². The molecule has 1 aromatic rings. The summed E-state index contributed by atoms with van der Waals surface area (Å²) in [5, 5.41) is 0. The minimum Gasteiger partial charge on any atom is -0.385 e. The van der Waals surface area contributed by atoms with Crippen LogP contribution >= 0.6 is 0 Å². The normalized spacial score (nSPS) is 27.8. The first-order valence-corrected chi connectivity index (χ1v) is 9.40. The van der Waals surface area contributed by atoms with Crippen LogP contribution in [0.25, 0.3) is 0 Å². The van der Waals surface area contributed by atoms with Crippen LogP contribution in [0.15, 0.2) is 18.5 Å². The summed E-state index contributed by atoms with van der Waals surface area (Å²) in [6.07, 6.45) is 4.32. The van der Waals surface area contributed by atoms with Crippen LogP contribution in [-0.4, -0.2) is 80.2 Å². The number of ether oxygens (including phenoxy) is 1. The van der Waals surface area contributed by atoms with Gasteiger partial charge in [-0.25, -0.2) is 18.4 Å². The summed E-state index contributed by atoms with van der Waals surface area (Å²) in [5.74, 6) is 1.05. The molecule has 7 nitrogen and oxygen atoms in total. The van der Waals surface area contributed by atoms with Crippen molar-refractivity contribution in [1.29, 1.82) is 0 Å². The highest BCUT2D eigenvalue weighted by molar-refractivity contribution is 7.91. The average molecular weight is 326 g/mol. The van der Waals surface area contributed by atoms with Gasteiger partial charge in [-0.1, -0.05) is 0 Å². The largest absolute Gasteiger partial charge is 0.385 e. The lowest BCUT2D eigenvalue weighted by molar-refractivity contribution is 0.134. The Balaban J connectivity index is 1.78. The Morgan fingerprint density at radius 2 is 1.95 bits per heavy atom. The molecular formula is C14H22N4O3S. The van der Waals surface area contributed by atoms with Crippen LogP contribution in [-0.2, 0) is 14.6 Å². The van der Waals surface area contributed by atoms with Gasteiger partial charge in [0.1, 0.15) is 0 Å². The van der Waals surface area contributed by atoms with Crippen molar-refractivity contribution in [2.75, 3.05) is 49.8 Å². The van der Waals surface area contributed by atoms with E-state index in [0.29, 0.717) is 12.6 Å². The molecule has 0 aromatic carbocycles. The zero-order valence-corrected chi connectivity index (χ0v) is 13.6. The number of fused-ring (bicyclic) bond motifs is 1. The molecule has 2 aliphatic heterocycles. The van der Waals surface area contributed by atoms with Gasteiger partial charge < -0.3 is 9.64 Å². The summed E-state index contributed by atoms with van der Waals surface area (Å²) in [6.45, 7) is 3.16. The maximum atomic E-state index is 12.1. The van der Waals surface area contributed by atoms with Crippen LogP contribution < -0.4 is 4.90 Å². The Morgan fingerprint density at radius 3 is 2.68 bits per heavy atom. The standard InChI is InChI=1S/C14H22N4O3S/c1-21-9-3-6-17-7-8-18(14-15-4-2-5-16-14)13-11-22(19,20)10-12(13)17/h2,4-5,12-13H,3,6-11H2,1H3/t12-,13+/m0/s1. The number of rotatable bonds is 5. The van der Waals surface area contributed by atoms with Crippen LogP contribution in [0.4, 0.5) is 5.95 Å². The van der Waals surface area contributed by atoms with Gasteiger partial charge in [-0.05, 0) is 12.5 Å². The van der Waals surface area contributed by atoms with Crippen molar-refractivity contribution in [3.8, 4) is 0 Å². The minimum absolute atomic E-state index is 0.0272. The van der Waals surface area contributed by atoms with Crippen molar-refractivity contribution < 1.29 is 13.2 Å². The van der Waals surface area contributed by atoms with Gasteiger partial charge in [-0.3, -0.25) is 4.90 Å². The van der Waals surface area contributed by atoms with E-state index in [0.717, 1.165) is 26.1 Å². The lowest BCUT2D eigenvalue weighted by Gasteiger charge is -2.43. The van der Waals surface area contributed by atoms with Crippen molar-refractivity contribution in [1.82, 2.24) is 14.9 Å². The van der Waals surface area contributed by atoms with E-state index >= 15 is 0 Å². The molecule has 22 heavy (non-hydrogen) atoms. The molecular weight excluding hydrogens is 304 g/mol. The molecule has 2 aliphatic rings. The summed E-state index contributed by atoms with van der Waals surface area (Å²) in [4.78, 5) is 12.9. The van der Waals surface area contributed by atoms with Gasteiger partial charge in [0.25, 0.3) is 0 Å². The second-order valence-electron chi connectivity index (χ2n) is 5.84. The van der Waals surface area contributed by atoms with Gasteiger partial charge in [0.2, 0.25) is 5.95 Å². The number of methoxy groups -OCH3 is 1. The van der Waals surface area contributed by atoms with Gasteiger partial charge in [0.15, 0.2) is 9.84 Å². The Hall–Kier alpha value is -1.25. The molecule has 3 heterocycles. The highest BCUT2D eigenvalue weighted by Gasteiger charge is 2.47. The molecule has 3 rings (SSSR count). The van der Waals surface area contributed by atoms with Gasteiger partial charge in [-0.15, -0.1) is 0 Å². The number of nitrogens with zero attached hydrogens (tertiary/aromatic N) is 4. The average Bonchev–Trinajstić information content (AvgIpc) is 2.84. The number of anilines is 1. The molecule has 0 N–H and O–H groups in total. The molecule has 0 amide bonds. The van der Waals surface area contributed by atoms with E-state index in [9.17, 15) is 8.42 Å². The summed E-state index contributed by atoms with van der Waals surface area (Å²) in [7, 11) is -1.32. The summed E-state index contributed by atoms with van der Waals surface area (Å²) >= 11 is 0. The molecule has 2 atom stereocenters. The molecule has 1 aromatic heterocycles. The second kappa shape index (κ2) is 6.47. The van der Waals surface area contributed by atoms with Crippen molar-refractivity contribution in [2.45, 2.75) is 18.5 Å². The smallest absolute Gasteiger partial charge is 0.225 e. The van der Waals surface area contributed by atoms with E-state index in [1.807, 2.05) is 0 Å². The van der Waals surface area contributed by atoms with Gasteiger partial charge >= 0.3 is 0 Å². The van der Waals surface area contributed by atoms with Crippen LogP contribution in [0.2, 0.25) is 0 Å². The highest BCUT2D eigenvalue weighted by atomic mass is 32.2. The molecule has 122 valence electrons. The molecule has 0 bridgehead atoms. The quantitative estimate of drug-likeness (QED) is 0.694. The van der Waals surface area contributed by atoms with Crippen molar-refractivity contribution in [2.24, 2.45) is 0 Å². The summed E-state index contributed by atoms with van der Waals surface area (Å²) in [5.41, 5.74) is 0. The first kappa shape index (κ1) is 15.6. The fourth-order valence-electron chi connectivity index (χ4n) is 3.40. The lowest BCUT2D eigenvalue weighted by atomic mass is 10.0. The number of hydrogen-bond acceptors (Lipinski definition) is 7. The first-order chi connectivity index (χ1) is 10.6. The predicted molar refractivity (Wildman–Crippen MR) is 83.7 cm³/mol. The van der Waals surface area contributed by atoms with Crippen molar-refractivity contribution in [3.05, 3.63) is 18.5 Å². The maximum absolute atomic E-state index is 12.1. The van der Waals surface area contributed by atoms with E-state index in [4.69, 9.17) is 4.74 Å². The molecule has 2 fully saturated rings. The Morgan fingerprint density at radius 1 is 1.23 bits per heavy atom. The van der Waals surface area contributed by atoms with Crippen molar-refractivity contribution >= 4 is 15.8 Å². The molecule has 0 saturated carbocycles. The molecule has 0 spiro atoms. The van der Waals surface area contributed by atoms with Gasteiger partial charge in [-0.2, -0.15) is 0 Å². The lowest BCUT2D eigenvalue weighted by Crippen LogP contribution is -2.59. The number of aromatic nitrogens is 2. The van der Waals surface area contributed by atoms with Crippen LogP contribution in [0.5, 0.6) is 0 Å². The predicted octanol–water partition coefficient (Wildman–Crippen LogP) is -0.199. The van der Waals surface area contributed by atoms with Gasteiger partial charge in [0.05, 0.1) is 17.5 Å². The third-order valence-electron chi connectivity index (χ3n) is 4.39. The third kappa shape index (κ3) is 3.23. The zero-order valence-electron chi connectivity index (χ0n) is 12.8. The number of sulfone groups is 1. The van der Waals surface area contributed by atoms with E-state index in [-0.39, 0.29) is 23.6 Å². The summed E-state index contributed by atoms with van der Waals surface area (Å²) < 4.78 is 29.4. The third-order valence-corrected chi connectivity index (χ3v) is 6.09. The number of hydrogen-bond donors (Lipinski definition) is 0. The SMILES string of the molecule is COCCCN1CCN(c2ncccn2)[C@@H]2CS(=O)(=O)C[C@@H]21. The Kier molecular flexibility index (Phi) is 4.60. The summed E-state index contributed by atoms with van der Waals surface area (Å²) in [6, 6.07) is 1.75. The molecule has 0 unspecified atom stereocenters. The molecule has 0 aliphatic carbocycles. The zero-order chi connectivity index (χ0) is 15.6. The maximum Gasteiger partial charge on any atom is 0.225 e. The fourth-order valence-corrected chi connectivity index (χ4v) is 5.41. The fraction of sp³-hybridized carbons (Fsp3) is 0.714. The van der Waals surface area contributed by atoms with E-state index in [1.165, 1.54) is 0 Å². The van der Waals surface area contributed by atoms with Crippen LogP contribution in [0.1, 0.15) is 6.42 Å². The Labute approximate surface area is 131 Å². The molecule has 8 heteroatoms. The first-order valence-electron chi connectivity index (χ1n) is 7.58. The van der Waals surface area contributed by atoms with E-state index in [2.05, 4.69) is 19.8 Å². The second-order valence-corrected chi connectivity index (χ2v) is 7.99. The molecule has 2 saturated heterocycles.